The van der Waals surface area contributed by atoms with Crippen molar-refractivity contribution in [2.24, 2.45) is 17.8 Å². The summed E-state index contributed by atoms with van der Waals surface area (Å²) in [7, 11) is 0. The van der Waals surface area contributed by atoms with Crippen LogP contribution in [0.1, 0.15) is 78.1 Å². The molecule has 0 aromatic heterocycles. The third kappa shape index (κ3) is 4.04. The molecule has 2 bridgehead atoms. The molecular formula is C19H34N2O. The molecule has 3 rings (SSSR count). The Morgan fingerprint density at radius 2 is 1.68 bits per heavy atom. The van der Waals surface area contributed by atoms with Crippen molar-refractivity contribution in [3.63, 3.8) is 0 Å². The van der Waals surface area contributed by atoms with Crippen LogP contribution in [-0.2, 0) is 4.79 Å². The molecule has 3 nitrogen and oxygen atoms in total. The van der Waals surface area contributed by atoms with Crippen LogP contribution in [0.4, 0.5) is 0 Å². The minimum absolute atomic E-state index is 0.293. The first-order chi connectivity index (χ1) is 10.6. The molecule has 0 spiro atoms. The molecule has 4 unspecified atom stereocenters. The van der Waals surface area contributed by atoms with Gasteiger partial charge in [0.15, 0.2) is 0 Å². The number of hydrogen-bond acceptors (Lipinski definition) is 2. The molecule has 22 heavy (non-hydrogen) atoms. The number of amides is 1. The van der Waals surface area contributed by atoms with E-state index in [-0.39, 0.29) is 0 Å². The molecule has 0 aromatic rings. The summed E-state index contributed by atoms with van der Waals surface area (Å²) in [6, 6.07) is 1.71. The minimum atomic E-state index is 0.293. The molecule has 2 saturated heterocycles. The number of hydrogen-bond donors (Lipinski definition) is 2. The maximum absolute atomic E-state index is 12.4. The molecule has 0 aromatic carbocycles. The highest BCUT2D eigenvalue weighted by atomic mass is 16.1. The van der Waals surface area contributed by atoms with E-state index in [0.717, 1.165) is 12.3 Å². The lowest BCUT2D eigenvalue weighted by Gasteiger charge is -2.33. The van der Waals surface area contributed by atoms with E-state index in [1.165, 1.54) is 57.8 Å². The lowest BCUT2D eigenvalue weighted by Crippen LogP contribution is -2.43. The van der Waals surface area contributed by atoms with Gasteiger partial charge in [-0.1, -0.05) is 39.0 Å². The Balaban J connectivity index is 1.42. The molecule has 2 N–H and O–H groups in total. The number of piperidine rings is 1. The summed E-state index contributed by atoms with van der Waals surface area (Å²) in [6.45, 7) is 4.55. The van der Waals surface area contributed by atoms with Gasteiger partial charge < -0.3 is 10.6 Å². The molecule has 3 aliphatic rings. The van der Waals surface area contributed by atoms with Gasteiger partial charge in [0.1, 0.15) is 0 Å². The highest BCUT2D eigenvalue weighted by Gasteiger charge is 2.34. The van der Waals surface area contributed by atoms with Gasteiger partial charge in [-0.15, -0.1) is 0 Å². The van der Waals surface area contributed by atoms with E-state index >= 15 is 0 Å². The second-order valence-corrected chi connectivity index (χ2v) is 8.29. The Bertz CT molecular complexity index is 366. The van der Waals surface area contributed by atoms with E-state index in [4.69, 9.17) is 0 Å². The summed E-state index contributed by atoms with van der Waals surface area (Å²) in [6.07, 6.45) is 12.7. The molecule has 3 heteroatoms. The van der Waals surface area contributed by atoms with Crippen molar-refractivity contribution < 1.29 is 4.79 Å². The van der Waals surface area contributed by atoms with E-state index in [9.17, 15) is 4.79 Å². The van der Waals surface area contributed by atoms with Crippen molar-refractivity contribution in [1.29, 1.82) is 0 Å². The Labute approximate surface area is 136 Å². The Morgan fingerprint density at radius 3 is 2.32 bits per heavy atom. The first-order valence-electron chi connectivity index (χ1n) is 9.67. The molecule has 1 aliphatic carbocycles. The first-order valence-corrected chi connectivity index (χ1v) is 9.67. The summed E-state index contributed by atoms with van der Waals surface area (Å²) in [5, 5.41) is 6.98. The van der Waals surface area contributed by atoms with Crippen LogP contribution < -0.4 is 10.6 Å². The SMILES string of the molecule is CC(NC(=O)CC1CC2CCC(C1)N2)C(C)C1CCCCC1. The molecule has 4 atom stereocenters. The quantitative estimate of drug-likeness (QED) is 0.814. The van der Waals surface area contributed by atoms with Crippen LogP contribution in [0.3, 0.4) is 0 Å². The Hall–Kier alpha value is -0.570. The van der Waals surface area contributed by atoms with Crippen LogP contribution >= 0.6 is 0 Å². The van der Waals surface area contributed by atoms with Gasteiger partial charge in [-0.05, 0) is 50.4 Å². The van der Waals surface area contributed by atoms with Crippen molar-refractivity contribution >= 4 is 5.91 Å². The van der Waals surface area contributed by atoms with E-state index in [1.54, 1.807) is 0 Å². The minimum Gasteiger partial charge on any atom is -0.353 e. The van der Waals surface area contributed by atoms with E-state index in [0.29, 0.717) is 35.9 Å². The highest BCUT2D eigenvalue weighted by molar-refractivity contribution is 5.76. The molecule has 1 saturated carbocycles. The predicted molar refractivity (Wildman–Crippen MR) is 90.6 cm³/mol. The topological polar surface area (TPSA) is 41.1 Å². The van der Waals surface area contributed by atoms with Crippen LogP contribution in [-0.4, -0.2) is 24.0 Å². The van der Waals surface area contributed by atoms with Gasteiger partial charge in [0.2, 0.25) is 5.91 Å². The molecule has 3 fully saturated rings. The van der Waals surface area contributed by atoms with Crippen LogP contribution in [0, 0.1) is 17.8 Å². The van der Waals surface area contributed by atoms with Gasteiger partial charge in [-0.2, -0.15) is 0 Å². The first kappa shape index (κ1) is 16.3. The zero-order valence-electron chi connectivity index (χ0n) is 14.4. The monoisotopic (exact) mass is 306 g/mol. The smallest absolute Gasteiger partial charge is 0.220 e. The summed E-state index contributed by atoms with van der Waals surface area (Å²) in [5.74, 6) is 2.34. The van der Waals surface area contributed by atoms with Crippen LogP contribution in [0.15, 0.2) is 0 Å². The van der Waals surface area contributed by atoms with E-state index in [2.05, 4.69) is 24.5 Å². The van der Waals surface area contributed by atoms with Crippen LogP contribution in [0.5, 0.6) is 0 Å². The summed E-state index contributed by atoms with van der Waals surface area (Å²) in [4.78, 5) is 12.4. The number of carbonyl (C=O) groups excluding carboxylic acids is 1. The van der Waals surface area contributed by atoms with Crippen molar-refractivity contribution in [2.45, 2.75) is 96.2 Å². The highest BCUT2D eigenvalue weighted by Crippen LogP contribution is 2.33. The molecule has 0 radical (unpaired) electrons. The van der Waals surface area contributed by atoms with E-state index in [1.807, 2.05) is 0 Å². The van der Waals surface area contributed by atoms with Crippen LogP contribution in [0.25, 0.3) is 0 Å². The average Bonchev–Trinajstić information content (AvgIpc) is 2.86. The summed E-state index contributed by atoms with van der Waals surface area (Å²) in [5.41, 5.74) is 0. The third-order valence-corrected chi connectivity index (χ3v) is 6.62. The van der Waals surface area contributed by atoms with Crippen LogP contribution in [0.2, 0.25) is 0 Å². The largest absolute Gasteiger partial charge is 0.353 e. The third-order valence-electron chi connectivity index (χ3n) is 6.62. The van der Waals surface area contributed by atoms with Gasteiger partial charge >= 0.3 is 0 Å². The standard InChI is InChI=1S/C19H34N2O/c1-13(16-6-4-3-5-7-16)14(2)20-19(22)12-15-10-17-8-9-18(11-15)21-17/h13-18,21H,3-12H2,1-2H3,(H,20,22). The normalized spacial score (nSPS) is 35.1. The van der Waals surface area contributed by atoms with Gasteiger partial charge in [-0.25, -0.2) is 0 Å². The predicted octanol–water partition coefficient (Wildman–Crippen LogP) is 3.63. The molecule has 126 valence electrons. The maximum Gasteiger partial charge on any atom is 0.220 e. The fraction of sp³-hybridized carbons (Fsp3) is 0.947. The van der Waals surface area contributed by atoms with Crippen molar-refractivity contribution in [1.82, 2.24) is 10.6 Å². The second-order valence-electron chi connectivity index (χ2n) is 8.29. The molecule has 2 heterocycles. The lowest BCUT2D eigenvalue weighted by molar-refractivity contribution is -0.123. The fourth-order valence-corrected chi connectivity index (χ4v) is 5.12. The number of fused-ring (bicyclic) bond motifs is 2. The van der Waals surface area contributed by atoms with Gasteiger partial charge in [0.25, 0.3) is 0 Å². The zero-order valence-corrected chi connectivity index (χ0v) is 14.4. The van der Waals surface area contributed by atoms with Crippen molar-refractivity contribution in [2.75, 3.05) is 0 Å². The Kier molecular flexibility index (Phi) is 5.43. The number of rotatable bonds is 5. The molecular weight excluding hydrogens is 272 g/mol. The second kappa shape index (κ2) is 7.33. The maximum atomic E-state index is 12.4. The molecule has 1 amide bonds. The van der Waals surface area contributed by atoms with Gasteiger partial charge in [0, 0.05) is 24.5 Å². The lowest BCUT2D eigenvalue weighted by atomic mass is 9.78. The average molecular weight is 306 g/mol. The Morgan fingerprint density at radius 1 is 1.05 bits per heavy atom. The fourth-order valence-electron chi connectivity index (χ4n) is 5.12. The van der Waals surface area contributed by atoms with Crippen molar-refractivity contribution in [3.05, 3.63) is 0 Å². The summed E-state index contributed by atoms with van der Waals surface area (Å²) < 4.78 is 0. The summed E-state index contributed by atoms with van der Waals surface area (Å²) >= 11 is 0. The van der Waals surface area contributed by atoms with Gasteiger partial charge in [0.05, 0.1) is 0 Å². The zero-order chi connectivity index (χ0) is 15.5. The van der Waals surface area contributed by atoms with E-state index < -0.39 is 0 Å². The number of nitrogens with one attached hydrogen (secondary N) is 2. The molecule has 2 aliphatic heterocycles. The van der Waals surface area contributed by atoms with Gasteiger partial charge in [-0.3, -0.25) is 4.79 Å². The van der Waals surface area contributed by atoms with Crippen molar-refractivity contribution in [3.8, 4) is 0 Å². The number of carbonyl (C=O) groups is 1.